The average Bonchev–Trinajstić information content (AvgIpc) is 3.24. The number of aromatic amines is 1. The fourth-order valence-electron chi connectivity index (χ4n) is 2.96. The first-order valence-electron chi connectivity index (χ1n) is 8.50. The summed E-state index contributed by atoms with van der Waals surface area (Å²) in [5, 5.41) is 7.38. The van der Waals surface area contributed by atoms with Crippen LogP contribution in [0.15, 0.2) is 73.1 Å². The van der Waals surface area contributed by atoms with E-state index in [9.17, 15) is 0 Å². The van der Waals surface area contributed by atoms with E-state index in [-0.39, 0.29) is 6.04 Å². The maximum Gasteiger partial charge on any atom is 0.181 e. The Bertz CT molecular complexity index is 1090. The number of pyridine rings is 1. The number of nitrogens with zero attached hydrogens (tertiary/aromatic N) is 3. The quantitative estimate of drug-likeness (QED) is 0.551. The molecule has 2 aromatic heterocycles. The van der Waals surface area contributed by atoms with Gasteiger partial charge in [-0.1, -0.05) is 30.2 Å². The Balaban J connectivity index is 1.71. The number of hydrogen-bond donors (Lipinski definition) is 2. The molecule has 4 rings (SSSR count). The fraction of sp³-hybridized carbons (Fsp3) is 0.0455. The van der Waals surface area contributed by atoms with Crippen molar-refractivity contribution in [2.45, 2.75) is 6.04 Å². The molecule has 27 heavy (non-hydrogen) atoms. The van der Waals surface area contributed by atoms with Crippen LogP contribution >= 0.6 is 0 Å². The molecule has 4 aromatic rings. The van der Waals surface area contributed by atoms with E-state index >= 15 is 0 Å². The van der Waals surface area contributed by atoms with Gasteiger partial charge in [-0.3, -0.25) is 10.1 Å². The fourth-order valence-corrected chi connectivity index (χ4v) is 2.96. The zero-order valence-corrected chi connectivity index (χ0v) is 14.5. The monoisotopic (exact) mass is 351 g/mol. The first kappa shape index (κ1) is 16.7. The lowest BCUT2D eigenvalue weighted by molar-refractivity contribution is 0.867. The van der Waals surface area contributed by atoms with E-state index < -0.39 is 0 Å². The SMILES string of the molecule is C#Cc1ccc(-c2n[nH]c(-c3ccccc3C(N)c3ccncc3)n2)cc1. The van der Waals surface area contributed by atoms with Gasteiger partial charge >= 0.3 is 0 Å². The van der Waals surface area contributed by atoms with Crippen LogP contribution in [-0.4, -0.2) is 20.2 Å². The van der Waals surface area contributed by atoms with E-state index in [1.165, 1.54) is 0 Å². The number of nitrogens with two attached hydrogens (primary N) is 1. The molecule has 0 aliphatic heterocycles. The summed E-state index contributed by atoms with van der Waals surface area (Å²) in [6.45, 7) is 0. The lowest BCUT2D eigenvalue weighted by Gasteiger charge is -2.15. The van der Waals surface area contributed by atoms with E-state index in [2.05, 4.69) is 26.1 Å². The first-order chi connectivity index (χ1) is 13.3. The topological polar surface area (TPSA) is 80.5 Å². The molecule has 130 valence electrons. The Hall–Kier alpha value is -3.75. The third kappa shape index (κ3) is 3.34. The van der Waals surface area contributed by atoms with Crippen molar-refractivity contribution in [2.75, 3.05) is 0 Å². The molecule has 1 unspecified atom stereocenters. The first-order valence-corrected chi connectivity index (χ1v) is 8.50. The predicted octanol–water partition coefficient (Wildman–Crippen LogP) is 3.56. The van der Waals surface area contributed by atoms with Gasteiger partial charge in [-0.2, -0.15) is 5.10 Å². The molecule has 5 heteroatoms. The molecule has 3 N–H and O–H groups in total. The van der Waals surface area contributed by atoms with Crippen LogP contribution in [0.1, 0.15) is 22.7 Å². The Labute approximate surface area is 157 Å². The minimum absolute atomic E-state index is 0.285. The Morgan fingerprint density at radius 1 is 0.963 bits per heavy atom. The number of nitrogens with one attached hydrogen (secondary N) is 1. The van der Waals surface area contributed by atoms with Gasteiger partial charge in [0.05, 0.1) is 6.04 Å². The molecule has 0 amide bonds. The second-order valence-corrected chi connectivity index (χ2v) is 6.07. The summed E-state index contributed by atoms with van der Waals surface area (Å²) in [5.74, 6) is 3.89. The number of terminal acetylenes is 1. The summed E-state index contributed by atoms with van der Waals surface area (Å²) in [6, 6.07) is 19.0. The molecular formula is C22H17N5. The molecule has 5 nitrogen and oxygen atoms in total. The largest absolute Gasteiger partial charge is 0.320 e. The average molecular weight is 351 g/mol. The number of benzene rings is 2. The van der Waals surface area contributed by atoms with Crippen molar-refractivity contribution in [3.63, 3.8) is 0 Å². The molecule has 0 aliphatic rings. The Morgan fingerprint density at radius 3 is 2.44 bits per heavy atom. The molecule has 0 radical (unpaired) electrons. The maximum atomic E-state index is 6.50. The van der Waals surface area contributed by atoms with Crippen LogP contribution in [-0.2, 0) is 0 Å². The van der Waals surface area contributed by atoms with Gasteiger partial charge in [-0.05, 0) is 47.5 Å². The summed E-state index contributed by atoms with van der Waals surface area (Å²) in [6.07, 6.45) is 8.89. The minimum Gasteiger partial charge on any atom is -0.320 e. The van der Waals surface area contributed by atoms with Crippen molar-refractivity contribution in [1.29, 1.82) is 0 Å². The van der Waals surface area contributed by atoms with Crippen molar-refractivity contribution in [2.24, 2.45) is 5.73 Å². The molecule has 2 aromatic carbocycles. The summed E-state index contributed by atoms with van der Waals surface area (Å²) in [4.78, 5) is 8.71. The van der Waals surface area contributed by atoms with Crippen molar-refractivity contribution < 1.29 is 0 Å². The summed E-state index contributed by atoms with van der Waals surface area (Å²) >= 11 is 0. The van der Waals surface area contributed by atoms with E-state index in [1.807, 2.05) is 60.7 Å². The molecular weight excluding hydrogens is 334 g/mol. The van der Waals surface area contributed by atoms with Crippen LogP contribution in [0.2, 0.25) is 0 Å². The van der Waals surface area contributed by atoms with Crippen molar-refractivity contribution >= 4 is 0 Å². The van der Waals surface area contributed by atoms with Gasteiger partial charge in [0.25, 0.3) is 0 Å². The van der Waals surface area contributed by atoms with Gasteiger partial charge in [0.1, 0.15) is 0 Å². The van der Waals surface area contributed by atoms with E-state index in [4.69, 9.17) is 12.2 Å². The zero-order chi connectivity index (χ0) is 18.6. The number of hydrogen-bond acceptors (Lipinski definition) is 4. The van der Waals surface area contributed by atoms with Gasteiger partial charge in [0, 0.05) is 29.1 Å². The van der Waals surface area contributed by atoms with Crippen LogP contribution in [0.5, 0.6) is 0 Å². The maximum absolute atomic E-state index is 6.50. The van der Waals surface area contributed by atoms with Gasteiger partial charge in [-0.15, -0.1) is 6.42 Å². The number of rotatable bonds is 4. The second kappa shape index (κ2) is 7.24. The Kier molecular flexibility index (Phi) is 4.48. The highest BCUT2D eigenvalue weighted by atomic mass is 15.2. The van der Waals surface area contributed by atoms with Crippen LogP contribution in [0.25, 0.3) is 22.8 Å². The third-order valence-corrected chi connectivity index (χ3v) is 4.41. The smallest absolute Gasteiger partial charge is 0.181 e. The van der Waals surface area contributed by atoms with Gasteiger partial charge < -0.3 is 5.73 Å². The van der Waals surface area contributed by atoms with Crippen LogP contribution in [0.4, 0.5) is 0 Å². The normalized spacial score (nSPS) is 11.7. The zero-order valence-electron chi connectivity index (χ0n) is 14.5. The molecule has 0 bridgehead atoms. The van der Waals surface area contributed by atoms with E-state index in [0.717, 1.165) is 27.8 Å². The predicted molar refractivity (Wildman–Crippen MR) is 105 cm³/mol. The molecule has 1 atom stereocenters. The molecule has 0 spiro atoms. The van der Waals surface area contributed by atoms with Crippen molar-refractivity contribution in [3.8, 4) is 35.1 Å². The highest BCUT2D eigenvalue weighted by Gasteiger charge is 2.17. The highest BCUT2D eigenvalue weighted by Crippen LogP contribution is 2.29. The van der Waals surface area contributed by atoms with E-state index in [0.29, 0.717) is 11.6 Å². The second-order valence-electron chi connectivity index (χ2n) is 6.07. The molecule has 0 fully saturated rings. The lowest BCUT2D eigenvalue weighted by Crippen LogP contribution is -2.13. The summed E-state index contributed by atoms with van der Waals surface area (Å²) < 4.78 is 0. The van der Waals surface area contributed by atoms with Crippen molar-refractivity contribution in [1.82, 2.24) is 20.2 Å². The van der Waals surface area contributed by atoms with Gasteiger partial charge in [-0.25, -0.2) is 4.98 Å². The molecule has 2 heterocycles. The number of aromatic nitrogens is 4. The van der Waals surface area contributed by atoms with E-state index in [1.54, 1.807) is 12.4 Å². The van der Waals surface area contributed by atoms with Crippen LogP contribution in [0, 0.1) is 12.3 Å². The van der Waals surface area contributed by atoms with Gasteiger partial charge in [0.15, 0.2) is 11.6 Å². The Morgan fingerprint density at radius 2 is 1.70 bits per heavy atom. The lowest BCUT2D eigenvalue weighted by atomic mass is 9.95. The molecule has 0 saturated heterocycles. The highest BCUT2D eigenvalue weighted by molar-refractivity contribution is 5.65. The molecule has 0 aliphatic carbocycles. The van der Waals surface area contributed by atoms with Gasteiger partial charge in [0.2, 0.25) is 0 Å². The number of H-pyrrole nitrogens is 1. The van der Waals surface area contributed by atoms with Crippen molar-refractivity contribution in [3.05, 3.63) is 89.7 Å². The van der Waals surface area contributed by atoms with Crippen LogP contribution in [0.3, 0.4) is 0 Å². The standard InChI is InChI=1S/C22H17N5/c1-2-15-7-9-17(10-8-15)21-25-22(27-26-21)19-6-4-3-5-18(19)20(23)16-11-13-24-14-12-16/h1,3-14,20H,23H2,(H,25,26,27). The molecule has 0 saturated carbocycles. The van der Waals surface area contributed by atoms with Crippen LogP contribution < -0.4 is 5.73 Å². The summed E-state index contributed by atoms with van der Waals surface area (Å²) in [7, 11) is 0. The minimum atomic E-state index is -0.285. The third-order valence-electron chi connectivity index (χ3n) is 4.41. The summed E-state index contributed by atoms with van der Waals surface area (Å²) in [5.41, 5.74) is 11.1.